The number of para-hydroxylation sites is 1. The van der Waals surface area contributed by atoms with E-state index in [0.29, 0.717) is 0 Å². The lowest BCUT2D eigenvalue weighted by Crippen LogP contribution is -2.10. The van der Waals surface area contributed by atoms with Crippen LogP contribution in [0.15, 0.2) is 224 Å². The molecule has 0 saturated carbocycles. The molecule has 2 heteroatoms. The van der Waals surface area contributed by atoms with Gasteiger partial charge in [-0.05, 0) is 98.6 Å². The molecule has 56 heavy (non-hydrogen) atoms. The van der Waals surface area contributed by atoms with Gasteiger partial charge in [0.15, 0.2) is 0 Å². The van der Waals surface area contributed by atoms with Gasteiger partial charge >= 0.3 is 0 Å². The van der Waals surface area contributed by atoms with Crippen molar-refractivity contribution < 1.29 is 4.74 Å². The lowest BCUT2D eigenvalue weighted by molar-refractivity contribution is 0.489. The Bertz CT molecular complexity index is 2700. The van der Waals surface area contributed by atoms with Crippen LogP contribution in [-0.4, -0.2) is 0 Å². The minimum absolute atomic E-state index is 0.821. The van der Waals surface area contributed by atoms with Crippen molar-refractivity contribution in [3.05, 3.63) is 224 Å². The predicted molar refractivity (Wildman–Crippen MR) is 234 cm³/mol. The Hall–Kier alpha value is -7.42. The topological polar surface area (TPSA) is 12.5 Å². The van der Waals surface area contributed by atoms with Gasteiger partial charge in [-0.3, -0.25) is 0 Å². The molecule has 0 aliphatic carbocycles. The highest BCUT2D eigenvalue weighted by Gasteiger charge is 2.26. The Balaban J connectivity index is 1.16. The number of hydrogen-bond acceptors (Lipinski definition) is 2. The van der Waals surface area contributed by atoms with Gasteiger partial charge in [-0.15, -0.1) is 0 Å². The van der Waals surface area contributed by atoms with E-state index in [-0.39, 0.29) is 0 Å². The zero-order valence-corrected chi connectivity index (χ0v) is 30.7. The highest BCUT2D eigenvalue weighted by atomic mass is 16.5. The molecule has 0 unspecified atom stereocenters. The number of rotatable bonds is 7. The summed E-state index contributed by atoms with van der Waals surface area (Å²) in [4.78, 5) is 2.35. The van der Waals surface area contributed by atoms with Crippen molar-refractivity contribution in [3.8, 4) is 78.3 Å². The first-order valence-electron chi connectivity index (χ1n) is 19.1. The Morgan fingerprint density at radius 2 is 0.696 bits per heavy atom. The van der Waals surface area contributed by atoms with Gasteiger partial charge in [0.05, 0.1) is 0 Å². The summed E-state index contributed by atoms with van der Waals surface area (Å²) in [5.74, 6) is 1.69. The Labute approximate surface area is 328 Å². The van der Waals surface area contributed by atoms with Gasteiger partial charge in [-0.25, -0.2) is 0 Å². The second-order valence-electron chi connectivity index (χ2n) is 14.1. The molecule has 264 valence electrons. The van der Waals surface area contributed by atoms with Crippen molar-refractivity contribution in [2.45, 2.75) is 0 Å². The average Bonchev–Trinajstić information content (AvgIpc) is 3.42. The lowest BCUT2D eigenvalue weighted by atomic mass is 9.89. The Kier molecular flexibility index (Phi) is 8.55. The third-order valence-electron chi connectivity index (χ3n) is 10.7. The molecule has 9 aromatic rings. The molecule has 0 atom stereocenters. The summed E-state index contributed by atoms with van der Waals surface area (Å²) in [5.41, 5.74) is 16.8. The quantitative estimate of drug-likeness (QED) is 0.163. The van der Waals surface area contributed by atoms with Crippen LogP contribution >= 0.6 is 0 Å². The van der Waals surface area contributed by atoms with Crippen LogP contribution in [0.2, 0.25) is 0 Å². The first-order chi connectivity index (χ1) is 27.8. The summed E-state index contributed by atoms with van der Waals surface area (Å²) >= 11 is 0. The zero-order valence-electron chi connectivity index (χ0n) is 30.7. The summed E-state index contributed by atoms with van der Waals surface area (Å²) in [5, 5.41) is 0. The molecular formula is C54H37NO. The van der Waals surface area contributed by atoms with Crippen LogP contribution in [-0.2, 0) is 0 Å². The second kappa shape index (κ2) is 14.4. The molecule has 9 aromatic carbocycles. The van der Waals surface area contributed by atoms with Gasteiger partial charge in [-0.1, -0.05) is 176 Å². The van der Waals surface area contributed by atoms with Crippen LogP contribution in [0.1, 0.15) is 0 Å². The third kappa shape index (κ3) is 6.24. The normalized spacial score (nSPS) is 11.4. The SMILES string of the molecule is c1ccc(-c2ccc(N(c3ccc(-c4ccccc4)cc3)c3ccc4c(c3)-c3cc(-c5ccccc5)ccc3-c3cccc(-c5ccccc5)c3O4)cc2)cc1. The third-order valence-corrected chi connectivity index (χ3v) is 10.7. The summed E-state index contributed by atoms with van der Waals surface area (Å²) in [6, 6.07) is 79.9. The van der Waals surface area contributed by atoms with E-state index < -0.39 is 0 Å². The van der Waals surface area contributed by atoms with E-state index in [0.717, 1.165) is 67.5 Å². The Morgan fingerprint density at radius 1 is 0.250 bits per heavy atom. The molecule has 0 spiro atoms. The molecule has 1 heterocycles. The maximum Gasteiger partial charge on any atom is 0.143 e. The van der Waals surface area contributed by atoms with Crippen molar-refractivity contribution >= 4 is 17.1 Å². The standard InChI is InChI=1S/C54H37NO/c1-5-14-38(15-6-1)41-24-29-45(30-25-41)55(46-31-26-42(27-32-46)39-16-7-2-8-17-39)47-33-35-53-52(37-47)51-36-44(40-18-9-3-10-19-40)28-34-49(51)50-23-13-22-48(54(50)56-53)43-20-11-4-12-21-43/h1-37H. The minimum atomic E-state index is 0.821. The van der Waals surface area contributed by atoms with E-state index >= 15 is 0 Å². The monoisotopic (exact) mass is 715 g/mol. The van der Waals surface area contributed by atoms with Gasteiger partial charge in [0.2, 0.25) is 0 Å². The van der Waals surface area contributed by atoms with Crippen molar-refractivity contribution in [2.24, 2.45) is 0 Å². The molecule has 1 aliphatic rings. The number of ether oxygens (including phenoxy) is 1. The summed E-state index contributed by atoms with van der Waals surface area (Å²) in [6.07, 6.45) is 0. The largest absolute Gasteiger partial charge is 0.455 e. The number of hydrogen-bond donors (Lipinski definition) is 0. The second-order valence-corrected chi connectivity index (χ2v) is 14.1. The molecule has 0 amide bonds. The van der Waals surface area contributed by atoms with Crippen LogP contribution in [0.4, 0.5) is 17.1 Å². The van der Waals surface area contributed by atoms with Gasteiger partial charge in [0.1, 0.15) is 11.5 Å². The Morgan fingerprint density at radius 3 is 1.25 bits per heavy atom. The molecule has 0 N–H and O–H groups in total. The first-order valence-corrected chi connectivity index (χ1v) is 19.1. The van der Waals surface area contributed by atoms with Crippen molar-refractivity contribution in [1.29, 1.82) is 0 Å². The molecular weight excluding hydrogens is 679 g/mol. The zero-order chi connectivity index (χ0) is 37.3. The van der Waals surface area contributed by atoms with Crippen LogP contribution in [0.3, 0.4) is 0 Å². The molecule has 0 bridgehead atoms. The number of nitrogens with zero attached hydrogens (tertiary/aromatic N) is 1. The van der Waals surface area contributed by atoms with Crippen LogP contribution in [0.5, 0.6) is 11.5 Å². The van der Waals surface area contributed by atoms with Crippen molar-refractivity contribution in [1.82, 2.24) is 0 Å². The number of fused-ring (bicyclic) bond motifs is 5. The maximum atomic E-state index is 7.07. The molecule has 0 aromatic heterocycles. The average molecular weight is 716 g/mol. The van der Waals surface area contributed by atoms with Crippen LogP contribution < -0.4 is 9.64 Å². The summed E-state index contributed by atoms with van der Waals surface area (Å²) in [7, 11) is 0. The van der Waals surface area contributed by atoms with Gasteiger partial charge in [0.25, 0.3) is 0 Å². The molecule has 1 aliphatic heterocycles. The smallest absolute Gasteiger partial charge is 0.143 e. The van der Waals surface area contributed by atoms with E-state index in [1.165, 1.54) is 27.8 Å². The van der Waals surface area contributed by atoms with Gasteiger partial charge in [-0.2, -0.15) is 0 Å². The summed E-state index contributed by atoms with van der Waals surface area (Å²) in [6.45, 7) is 0. The van der Waals surface area contributed by atoms with Crippen LogP contribution in [0, 0.1) is 0 Å². The van der Waals surface area contributed by atoms with Gasteiger partial charge < -0.3 is 9.64 Å². The highest BCUT2D eigenvalue weighted by molar-refractivity contribution is 5.97. The number of anilines is 3. The fourth-order valence-electron chi connectivity index (χ4n) is 7.90. The molecule has 0 radical (unpaired) electrons. The highest BCUT2D eigenvalue weighted by Crippen LogP contribution is 2.52. The first kappa shape index (κ1) is 33.2. The molecule has 2 nitrogen and oxygen atoms in total. The lowest BCUT2D eigenvalue weighted by Gasteiger charge is -2.27. The number of benzene rings is 9. The summed E-state index contributed by atoms with van der Waals surface area (Å²) < 4.78 is 7.07. The molecule has 0 fully saturated rings. The fourth-order valence-corrected chi connectivity index (χ4v) is 7.90. The van der Waals surface area contributed by atoms with Gasteiger partial charge in [0, 0.05) is 33.8 Å². The van der Waals surface area contributed by atoms with Crippen LogP contribution in [0.25, 0.3) is 66.8 Å². The van der Waals surface area contributed by atoms with Crippen molar-refractivity contribution in [3.63, 3.8) is 0 Å². The van der Waals surface area contributed by atoms with E-state index in [1.54, 1.807) is 0 Å². The molecule has 10 rings (SSSR count). The minimum Gasteiger partial charge on any atom is -0.455 e. The molecule has 0 saturated heterocycles. The maximum absolute atomic E-state index is 7.07. The van der Waals surface area contributed by atoms with E-state index in [4.69, 9.17) is 4.74 Å². The van der Waals surface area contributed by atoms with E-state index in [9.17, 15) is 0 Å². The van der Waals surface area contributed by atoms with E-state index in [1.807, 2.05) is 0 Å². The predicted octanol–water partition coefficient (Wildman–Crippen LogP) is 15.3. The van der Waals surface area contributed by atoms with Crippen molar-refractivity contribution in [2.75, 3.05) is 4.90 Å². The van der Waals surface area contributed by atoms with E-state index in [2.05, 4.69) is 229 Å². The fraction of sp³-hybridized carbons (Fsp3) is 0.